The number of hydrogen-bond acceptors (Lipinski definition) is 20. The average Bonchev–Trinajstić information content (AvgIpc) is 1.59. The normalized spacial score (nSPS) is 18.3. The number of rotatable bonds is 33. The number of guanidine groups is 2. The highest BCUT2D eigenvalue weighted by molar-refractivity contribution is 7.80. The largest absolute Gasteiger partial charge is 0.508 e. The molecule has 3 aromatic rings. The fraction of sp³-hybridized carbons (Fsp3) is 0.547. The molecule has 1 saturated heterocycles. The molecule has 3 heterocycles. The maximum absolute atomic E-state index is 14.7. The van der Waals surface area contributed by atoms with Crippen molar-refractivity contribution in [3.05, 3.63) is 76.9 Å². The lowest BCUT2D eigenvalue weighted by atomic mass is 9.77. The van der Waals surface area contributed by atoms with Crippen molar-refractivity contribution in [2.45, 2.75) is 213 Å². The van der Waals surface area contributed by atoms with Crippen molar-refractivity contribution >= 4 is 112 Å². The Morgan fingerprint density at radius 2 is 1.10 bits per heavy atom. The molecule has 3 aromatic carbocycles. The summed E-state index contributed by atoms with van der Waals surface area (Å²) in [6, 6.07) is -0.0240. The first kappa shape index (κ1) is 90.3. The molecule has 3 aliphatic rings. The molecule has 37 nitrogen and oxygen atoms in total. The Morgan fingerprint density at radius 3 is 1.64 bits per heavy atom. The highest BCUT2D eigenvalue weighted by atomic mass is 32.1. The summed E-state index contributed by atoms with van der Waals surface area (Å²) >= 11 is 5.58. The van der Waals surface area contributed by atoms with Crippen LogP contribution >= 0.6 is 12.2 Å². The van der Waals surface area contributed by atoms with Gasteiger partial charge in [0.05, 0.1) is 12.0 Å². The predicted octanol–water partition coefficient (Wildman–Crippen LogP) is -0.143. The van der Waals surface area contributed by atoms with Crippen LogP contribution in [0.3, 0.4) is 0 Å². The first-order valence-electron chi connectivity index (χ1n) is 37.3. The van der Waals surface area contributed by atoms with Gasteiger partial charge >= 0.3 is 5.97 Å². The molecular formula is C75H110N20O17S. The van der Waals surface area contributed by atoms with Crippen LogP contribution in [0.2, 0.25) is 0 Å². The first-order valence-corrected chi connectivity index (χ1v) is 37.7. The van der Waals surface area contributed by atoms with Gasteiger partial charge in [-0.25, -0.2) is 4.79 Å². The number of amides is 12. The van der Waals surface area contributed by atoms with Crippen LogP contribution in [0.25, 0.3) is 0 Å². The van der Waals surface area contributed by atoms with Gasteiger partial charge in [-0.3, -0.25) is 68.4 Å². The Kier molecular flexibility index (Phi) is 31.6. The number of benzene rings is 3. The molecule has 113 heavy (non-hydrogen) atoms. The van der Waals surface area contributed by atoms with Crippen molar-refractivity contribution in [1.82, 2.24) is 69.1 Å². The van der Waals surface area contributed by atoms with Gasteiger partial charge in [-0.2, -0.15) is 0 Å². The van der Waals surface area contributed by atoms with Gasteiger partial charge in [0.1, 0.15) is 77.4 Å². The first-order chi connectivity index (χ1) is 52.8. The van der Waals surface area contributed by atoms with Crippen molar-refractivity contribution in [2.24, 2.45) is 45.1 Å². The number of thiocarbonyl (C=S) groups is 1. The van der Waals surface area contributed by atoms with Crippen LogP contribution in [-0.2, 0) is 67.9 Å². The zero-order chi connectivity index (χ0) is 84.2. The van der Waals surface area contributed by atoms with E-state index in [0.717, 1.165) is 0 Å². The lowest BCUT2D eigenvalue weighted by Crippen LogP contribution is -2.61. The zero-order valence-corrected chi connectivity index (χ0v) is 66.3. The SMILES string of the molecule is CC[C@H](C)[C@@H]1NC(=O)C(NC(=O)[C@H](CCCNC(=N)N)NC(=O)CCNC(=S)Nc2ccc3c(c2)C(=O)OC32c3ccc(O)cc3Oc3cc(O)ccc32)CNC(=O)C(CC(=O)N[C@@H](CCC(N)=O)C(=O)NC(CC(C)(C)C)C(=O)N[C@@H](CCCNC(=N)N)C(=O)NC(CC(C)(C)C)C(N)=O)NC(=O)C(CC(C)(C)C)NC1=O. The topological polar surface area (TPSA) is 601 Å². The summed E-state index contributed by atoms with van der Waals surface area (Å²) in [5, 5.41) is 73.2. The second kappa shape index (κ2) is 39.5. The van der Waals surface area contributed by atoms with Gasteiger partial charge in [0, 0.05) is 73.5 Å². The summed E-state index contributed by atoms with van der Waals surface area (Å²) in [6.07, 6.45) is -1.94. The van der Waals surface area contributed by atoms with Crippen molar-refractivity contribution in [3.63, 3.8) is 0 Å². The third kappa shape index (κ3) is 27.1. The lowest BCUT2D eigenvalue weighted by molar-refractivity contribution is -0.136. The molecular weight excluding hydrogens is 1490 g/mol. The molecule has 3 aliphatic heterocycles. The third-order valence-corrected chi connectivity index (χ3v) is 18.8. The van der Waals surface area contributed by atoms with Gasteiger partial charge in [0.15, 0.2) is 22.6 Å². The number of carbonyl (C=O) groups is 13. The minimum absolute atomic E-state index is 0.00876. The number of anilines is 1. The van der Waals surface area contributed by atoms with Crippen molar-refractivity contribution in [3.8, 4) is 23.0 Å². The highest BCUT2D eigenvalue weighted by Gasteiger charge is 2.54. The van der Waals surface area contributed by atoms with E-state index in [9.17, 15) is 72.5 Å². The summed E-state index contributed by atoms with van der Waals surface area (Å²) in [5.74, 6) is -13.1. The average molecular weight is 1600 g/mol. The van der Waals surface area contributed by atoms with Crippen LogP contribution in [0.5, 0.6) is 23.0 Å². The van der Waals surface area contributed by atoms with E-state index >= 15 is 0 Å². The lowest BCUT2D eigenvalue weighted by Gasteiger charge is -2.36. The minimum atomic E-state index is -1.89. The van der Waals surface area contributed by atoms with Gasteiger partial charge in [0.2, 0.25) is 70.9 Å². The number of primary amides is 2. The Labute approximate surface area is 660 Å². The highest BCUT2D eigenvalue weighted by Crippen LogP contribution is 2.57. The predicted molar refractivity (Wildman–Crippen MR) is 419 cm³/mol. The van der Waals surface area contributed by atoms with E-state index in [1.807, 2.05) is 20.8 Å². The smallest absolute Gasteiger partial charge is 0.340 e. The monoisotopic (exact) mass is 1590 g/mol. The summed E-state index contributed by atoms with van der Waals surface area (Å²) in [4.78, 5) is 183. The van der Waals surface area contributed by atoms with Crippen molar-refractivity contribution < 1.29 is 82.0 Å². The van der Waals surface area contributed by atoms with Gasteiger partial charge in [-0.1, -0.05) is 88.6 Å². The third-order valence-electron chi connectivity index (χ3n) is 18.6. The number of nitrogens with one attached hydrogen (secondary N) is 16. The zero-order valence-electron chi connectivity index (χ0n) is 65.5. The molecule has 1 spiro atoms. The second-order valence-corrected chi connectivity index (χ2v) is 32.4. The van der Waals surface area contributed by atoms with Gasteiger partial charge in [-0.15, -0.1) is 0 Å². The molecule has 1 fully saturated rings. The van der Waals surface area contributed by atoms with E-state index < -0.39 is 191 Å². The van der Waals surface area contributed by atoms with Gasteiger partial charge in [0.25, 0.3) is 0 Å². The van der Waals surface area contributed by atoms with Gasteiger partial charge < -0.3 is 117 Å². The standard InChI is InChI=1S/C75H110N20O17S/c1-12-37(2)58-67(109)93-51(35-74(9,10)11)65(107)90-48(32-57(100)88-47(23-24-55(76)98)63(105)92-50(34-73(6,7)8)64(106)89-46(16-14-27-83-70(80)81)62(104)91-49(59(77)101)33-72(3,4)5)60(102)85-36-52(66(108)95-58)94-61(103)45(15-13-26-82-69(78)79)87-56(99)25-28-84-71(113)86-38-17-20-42-41(29-38)68(110)112-75(42)43-21-18-39(96)30-53(43)111-54-31-40(97)19-22-44(54)75/h17-22,29-31,37,45-52,58,96-97H,12-16,23-28,32-36H2,1-11H3,(H2,76,98)(H2,77,101)(H,85,102)(H,87,99)(H,88,100)(H,89,106)(H,90,107)(H,91,104)(H,92,105)(H,93,109)(H,94,103)(H,95,108)(H4,78,79,82)(H4,80,81,83)(H2,84,86,113)/t37-,45-,46-,47-,48?,49?,50?,51?,52?,58-/m0/s1. The van der Waals surface area contributed by atoms with Crippen LogP contribution in [0, 0.1) is 33.0 Å². The quantitative estimate of drug-likeness (QED) is 0.0124. The van der Waals surface area contributed by atoms with Crippen LogP contribution in [0.4, 0.5) is 5.69 Å². The second-order valence-electron chi connectivity index (χ2n) is 32.0. The molecule has 0 radical (unpaired) electrons. The number of fused-ring (bicyclic) bond motifs is 6. The molecule has 0 bridgehead atoms. The van der Waals surface area contributed by atoms with Crippen molar-refractivity contribution in [1.29, 1.82) is 10.8 Å². The number of nitrogens with two attached hydrogens (primary N) is 4. The van der Waals surface area contributed by atoms with Crippen LogP contribution in [0.15, 0.2) is 54.6 Å². The van der Waals surface area contributed by atoms with E-state index in [1.54, 1.807) is 79.7 Å². The Hall–Kier alpha value is -11.6. The molecule has 0 aromatic heterocycles. The van der Waals surface area contributed by atoms with E-state index in [0.29, 0.717) is 28.8 Å². The molecule has 618 valence electrons. The maximum Gasteiger partial charge on any atom is 0.340 e. The van der Waals surface area contributed by atoms with E-state index in [2.05, 4.69) is 74.4 Å². The molecule has 26 N–H and O–H groups in total. The summed E-state index contributed by atoms with van der Waals surface area (Å²) < 4.78 is 12.2. The molecule has 5 unspecified atom stereocenters. The van der Waals surface area contributed by atoms with E-state index in [1.165, 1.54) is 30.3 Å². The van der Waals surface area contributed by atoms with Crippen LogP contribution in [-0.4, -0.2) is 185 Å². The van der Waals surface area contributed by atoms with E-state index in [-0.39, 0.29) is 111 Å². The Balaban J connectivity index is 1.22. The fourth-order valence-electron chi connectivity index (χ4n) is 12.9. The number of esters is 1. The van der Waals surface area contributed by atoms with E-state index in [4.69, 9.17) is 55.4 Å². The van der Waals surface area contributed by atoms with Gasteiger partial charge in [-0.05, 0) is 122 Å². The Bertz CT molecular complexity index is 4050. The molecule has 0 aliphatic carbocycles. The molecule has 12 amide bonds. The fourth-order valence-corrected chi connectivity index (χ4v) is 13.1. The summed E-state index contributed by atoms with van der Waals surface area (Å²) in [5.41, 5.74) is 20.6. The number of phenols is 2. The number of aromatic hydroxyl groups is 2. The van der Waals surface area contributed by atoms with Crippen LogP contribution < -0.4 is 102 Å². The molecule has 38 heteroatoms. The van der Waals surface area contributed by atoms with Crippen LogP contribution in [0.1, 0.15) is 180 Å². The summed E-state index contributed by atoms with van der Waals surface area (Å²) in [6.45, 7) is 18.7. The van der Waals surface area contributed by atoms with Crippen molar-refractivity contribution in [2.75, 3.05) is 31.5 Å². The minimum Gasteiger partial charge on any atom is -0.508 e. The number of hydrogen-bond donors (Lipinski definition) is 22. The summed E-state index contributed by atoms with van der Waals surface area (Å²) in [7, 11) is 0. The maximum atomic E-state index is 14.7. The molecule has 10 atom stereocenters. The number of carbonyl (C=O) groups excluding carboxylic acids is 13. The molecule has 0 saturated carbocycles. The Morgan fingerprint density at radius 1 is 0.584 bits per heavy atom. The number of ether oxygens (including phenoxy) is 2. The number of phenolic OH excluding ortho intramolecular Hbond substituents is 2. The molecule has 6 rings (SSSR count).